The summed E-state index contributed by atoms with van der Waals surface area (Å²) < 4.78 is 28.5. The molecule has 1 aromatic heterocycles. The van der Waals surface area contributed by atoms with Crippen molar-refractivity contribution in [3.63, 3.8) is 0 Å². The average molecular weight is 298 g/mol. The van der Waals surface area contributed by atoms with Gasteiger partial charge in [-0.1, -0.05) is 32.0 Å². The zero-order valence-electron chi connectivity index (χ0n) is 11.0. The summed E-state index contributed by atoms with van der Waals surface area (Å²) in [4.78, 5) is 1.05. The van der Waals surface area contributed by atoms with E-state index in [1.54, 1.807) is 0 Å². The molecule has 0 radical (unpaired) electrons. The van der Waals surface area contributed by atoms with Crippen molar-refractivity contribution < 1.29 is 8.42 Å². The number of benzene rings is 1. The average Bonchev–Trinajstić information content (AvgIpc) is 2.75. The highest BCUT2D eigenvalue weighted by Gasteiger charge is 2.23. The first-order chi connectivity index (χ1) is 8.95. The lowest BCUT2D eigenvalue weighted by Gasteiger charge is -2.09. The van der Waals surface area contributed by atoms with Crippen LogP contribution in [0.5, 0.6) is 0 Å². The van der Waals surface area contributed by atoms with Gasteiger partial charge in [-0.2, -0.15) is 0 Å². The Morgan fingerprint density at radius 3 is 2.63 bits per heavy atom. The quantitative estimate of drug-likeness (QED) is 0.889. The molecule has 0 unspecified atom stereocenters. The second kappa shape index (κ2) is 5.58. The molecule has 1 heterocycles. The van der Waals surface area contributed by atoms with Crippen LogP contribution in [0.25, 0.3) is 10.1 Å². The highest BCUT2D eigenvalue weighted by Crippen LogP contribution is 2.34. The fraction of sp³-hybridized carbons (Fsp3) is 0.385. The van der Waals surface area contributed by atoms with E-state index in [2.05, 4.69) is 4.72 Å². The first-order valence-electron chi connectivity index (χ1n) is 6.16. The maximum Gasteiger partial charge on any atom is 0.242 e. The van der Waals surface area contributed by atoms with Crippen LogP contribution in [0.15, 0.2) is 29.2 Å². The maximum absolute atomic E-state index is 12.4. The third kappa shape index (κ3) is 2.97. The van der Waals surface area contributed by atoms with Crippen molar-refractivity contribution in [3.8, 4) is 0 Å². The lowest BCUT2D eigenvalue weighted by molar-refractivity contribution is 0.560. The molecule has 104 valence electrons. The molecule has 0 amide bonds. The Labute approximate surface area is 117 Å². The van der Waals surface area contributed by atoms with E-state index < -0.39 is 10.0 Å². The van der Waals surface area contributed by atoms with Gasteiger partial charge in [0.2, 0.25) is 10.0 Å². The molecule has 0 atom stereocenters. The first kappa shape index (κ1) is 14.5. The van der Waals surface area contributed by atoms with Crippen molar-refractivity contribution >= 4 is 31.4 Å². The van der Waals surface area contributed by atoms with Gasteiger partial charge in [0.15, 0.2) is 0 Å². The molecular weight excluding hydrogens is 280 g/mol. The lowest BCUT2D eigenvalue weighted by Crippen LogP contribution is -2.28. The number of hydrogen-bond acceptors (Lipinski definition) is 4. The van der Waals surface area contributed by atoms with Crippen molar-refractivity contribution in [2.45, 2.75) is 25.3 Å². The predicted molar refractivity (Wildman–Crippen MR) is 79.7 cm³/mol. The minimum absolute atomic E-state index is 0.233. The number of nitrogens with two attached hydrogens (primary N) is 1. The molecule has 0 fully saturated rings. The van der Waals surface area contributed by atoms with Gasteiger partial charge in [0, 0.05) is 28.1 Å². The topological polar surface area (TPSA) is 72.2 Å². The standard InChI is InChI=1S/C13H18N2O2S2/c1-9(2)8-15-19(16,17)13-10-5-3-4-6-11(10)18-12(13)7-14/h3-6,9,15H,7-8,14H2,1-2H3. The molecule has 2 aromatic rings. The molecule has 4 nitrogen and oxygen atoms in total. The van der Waals surface area contributed by atoms with Gasteiger partial charge in [0.1, 0.15) is 4.90 Å². The van der Waals surface area contributed by atoms with Crippen molar-refractivity contribution in [3.05, 3.63) is 29.1 Å². The highest BCUT2D eigenvalue weighted by molar-refractivity contribution is 7.90. The molecule has 0 aliphatic rings. The summed E-state index contributed by atoms with van der Waals surface area (Å²) >= 11 is 1.44. The summed E-state index contributed by atoms with van der Waals surface area (Å²) in [6.45, 7) is 4.60. The Morgan fingerprint density at radius 2 is 2.00 bits per heavy atom. The van der Waals surface area contributed by atoms with E-state index in [4.69, 9.17) is 5.73 Å². The smallest absolute Gasteiger partial charge is 0.242 e. The molecule has 0 spiro atoms. The fourth-order valence-electron chi connectivity index (χ4n) is 1.85. The molecule has 6 heteroatoms. The zero-order chi connectivity index (χ0) is 14.0. The summed E-state index contributed by atoms with van der Waals surface area (Å²) in [5.41, 5.74) is 5.69. The molecule has 2 rings (SSSR count). The minimum atomic E-state index is -3.50. The van der Waals surface area contributed by atoms with E-state index in [-0.39, 0.29) is 12.5 Å². The Bertz CT molecular complexity index is 675. The zero-order valence-corrected chi connectivity index (χ0v) is 12.6. The molecular formula is C13H18N2O2S2. The van der Waals surface area contributed by atoms with Crippen LogP contribution >= 0.6 is 11.3 Å². The normalized spacial score (nSPS) is 12.4. The molecule has 0 bridgehead atoms. The van der Waals surface area contributed by atoms with E-state index in [9.17, 15) is 8.42 Å². The minimum Gasteiger partial charge on any atom is -0.326 e. The van der Waals surface area contributed by atoms with E-state index in [0.717, 1.165) is 10.1 Å². The third-order valence-corrected chi connectivity index (χ3v) is 5.63. The molecule has 0 aliphatic carbocycles. The van der Waals surface area contributed by atoms with Crippen LogP contribution in [0.4, 0.5) is 0 Å². The van der Waals surface area contributed by atoms with Gasteiger partial charge in [-0.15, -0.1) is 11.3 Å². The monoisotopic (exact) mass is 298 g/mol. The summed E-state index contributed by atoms with van der Waals surface area (Å²) in [6, 6.07) is 7.49. The van der Waals surface area contributed by atoms with Crippen LogP contribution in [0.1, 0.15) is 18.7 Å². The molecule has 1 aromatic carbocycles. The molecule has 19 heavy (non-hydrogen) atoms. The van der Waals surface area contributed by atoms with Crippen LogP contribution < -0.4 is 10.5 Å². The summed E-state index contributed by atoms with van der Waals surface area (Å²) in [7, 11) is -3.50. The third-order valence-electron chi connectivity index (χ3n) is 2.75. The summed E-state index contributed by atoms with van der Waals surface area (Å²) in [5.74, 6) is 0.265. The van der Waals surface area contributed by atoms with Gasteiger partial charge in [-0.3, -0.25) is 0 Å². The number of hydrogen-bond donors (Lipinski definition) is 2. The van der Waals surface area contributed by atoms with Gasteiger partial charge < -0.3 is 5.73 Å². The van der Waals surface area contributed by atoms with Gasteiger partial charge in [0.05, 0.1) is 0 Å². The fourth-order valence-corrected chi connectivity index (χ4v) is 4.89. The number of nitrogens with one attached hydrogen (secondary N) is 1. The summed E-state index contributed by atoms with van der Waals surface area (Å²) in [6.07, 6.45) is 0. The molecule has 0 saturated carbocycles. The van der Waals surface area contributed by atoms with Gasteiger partial charge in [-0.25, -0.2) is 13.1 Å². The predicted octanol–water partition coefficient (Wildman–Crippen LogP) is 2.29. The molecule has 3 N–H and O–H groups in total. The Morgan fingerprint density at radius 1 is 1.32 bits per heavy atom. The number of rotatable bonds is 5. The van der Waals surface area contributed by atoms with E-state index in [1.165, 1.54) is 11.3 Å². The van der Waals surface area contributed by atoms with Crippen LogP contribution in [0.3, 0.4) is 0 Å². The maximum atomic E-state index is 12.4. The number of sulfonamides is 1. The largest absolute Gasteiger partial charge is 0.326 e. The Balaban J connectivity index is 2.54. The second-order valence-electron chi connectivity index (χ2n) is 4.80. The van der Waals surface area contributed by atoms with E-state index in [0.29, 0.717) is 16.3 Å². The van der Waals surface area contributed by atoms with Gasteiger partial charge in [-0.05, 0) is 12.0 Å². The second-order valence-corrected chi connectivity index (χ2v) is 7.64. The first-order valence-corrected chi connectivity index (χ1v) is 8.46. The molecule has 0 aliphatic heterocycles. The SMILES string of the molecule is CC(C)CNS(=O)(=O)c1c(CN)sc2ccccc12. The summed E-state index contributed by atoms with van der Waals surface area (Å²) in [5, 5.41) is 0.754. The highest BCUT2D eigenvalue weighted by atomic mass is 32.2. The van der Waals surface area contributed by atoms with Crippen molar-refractivity contribution in [2.75, 3.05) is 6.54 Å². The van der Waals surface area contributed by atoms with Crippen LogP contribution in [0.2, 0.25) is 0 Å². The lowest BCUT2D eigenvalue weighted by atomic mass is 10.2. The van der Waals surface area contributed by atoms with Gasteiger partial charge in [0.25, 0.3) is 0 Å². The Kier molecular flexibility index (Phi) is 4.25. The van der Waals surface area contributed by atoms with E-state index >= 15 is 0 Å². The van der Waals surface area contributed by atoms with Crippen molar-refractivity contribution in [1.29, 1.82) is 0 Å². The van der Waals surface area contributed by atoms with Crippen LogP contribution in [-0.4, -0.2) is 15.0 Å². The number of thiophene rings is 1. The van der Waals surface area contributed by atoms with Crippen LogP contribution in [-0.2, 0) is 16.6 Å². The van der Waals surface area contributed by atoms with Gasteiger partial charge >= 0.3 is 0 Å². The molecule has 0 saturated heterocycles. The van der Waals surface area contributed by atoms with Crippen molar-refractivity contribution in [1.82, 2.24) is 4.72 Å². The number of fused-ring (bicyclic) bond motifs is 1. The van der Waals surface area contributed by atoms with Crippen molar-refractivity contribution in [2.24, 2.45) is 11.7 Å². The van der Waals surface area contributed by atoms with E-state index in [1.807, 2.05) is 38.1 Å². The van der Waals surface area contributed by atoms with Crippen LogP contribution in [0, 0.1) is 5.92 Å². The Hall–Kier alpha value is -0.950.